The predicted molar refractivity (Wildman–Crippen MR) is 100 cm³/mol. The van der Waals surface area contributed by atoms with Crippen LogP contribution in [0, 0.1) is 6.92 Å². The number of aryl methyl sites for hydroxylation is 1. The zero-order valence-corrected chi connectivity index (χ0v) is 14.6. The molecule has 0 spiro atoms. The Bertz CT molecular complexity index is 1120. The van der Waals surface area contributed by atoms with Crippen LogP contribution in [0.25, 0.3) is 32.7 Å². The van der Waals surface area contributed by atoms with E-state index in [1.807, 2.05) is 42.6 Å². The molecule has 0 saturated carbocycles. The highest BCUT2D eigenvalue weighted by Crippen LogP contribution is 2.33. The third-order valence-electron chi connectivity index (χ3n) is 4.08. The average molecular weight is 349 g/mol. The van der Waals surface area contributed by atoms with Crippen LogP contribution in [0.1, 0.15) is 5.56 Å². The van der Waals surface area contributed by atoms with E-state index in [4.69, 9.17) is 4.74 Å². The van der Waals surface area contributed by atoms with Crippen LogP contribution in [0.3, 0.4) is 0 Å². The van der Waals surface area contributed by atoms with Crippen LogP contribution in [-0.4, -0.2) is 22.1 Å². The van der Waals surface area contributed by atoms with Gasteiger partial charge in [0.15, 0.2) is 0 Å². The summed E-state index contributed by atoms with van der Waals surface area (Å²) in [4.78, 5) is 25.0. The first-order valence-corrected chi connectivity index (χ1v) is 8.62. The number of hydrogen-bond donors (Lipinski definition) is 1. The van der Waals surface area contributed by atoms with Gasteiger partial charge in [0, 0.05) is 28.9 Å². The van der Waals surface area contributed by atoms with E-state index in [0.717, 1.165) is 28.0 Å². The van der Waals surface area contributed by atoms with Crippen molar-refractivity contribution < 1.29 is 4.74 Å². The first kappa shape index (κ1) is 15.5. The largest absolute Gasteiger partial charge is 0.496 e. The minimum absolute atomic E-state index is 0.145. The van der Waals surface area contributed by atoms with E-state index in [1.54, 1.807) is 19.5 Å². The first-order valence-electron chi connectivity index (χ1n) is 7.74. The second-order valence-electron chi connectivity index (χ2n) is 5.67. The fraction of sp³-hybridized carbons (Fsp3) is 0.105. The van der Waals surface area contributed by atoms with Crippen molar-refractivity contribution in [2.45, 2.75) is 6.92 Å². The van der Waals surface area contributed by atoms with E-state index in [-0.39, 0.29) is 5.56 Å². The maximum atomic E-state index is 12.7. The van der Waals surface area contributed by atoms with Crippen LogP contribution in [0.2, 0.25) is 0 Å². The lowest BCUT2D eigenvalue weighted by atomic mass is 10.0. The van der Waals surface area contributed by atoms with Crippen LogP contribution >= 0.6 is 11.3 Å². The number of benzene rings is 1. The van der Waals surface area contributed by atoms with Crippen molar-refractivity contribution in [3.8, 4) is 28.3 Å². The number of methoxy groups -OCH3 is 1. The third-order valence-corrected chi connectivity index (χ3v) is 4.96. The SMILES string of the molecule is COc1ccc(-c2csc3nc(-c4cccnc4)[nH]c(=O)c23)cc1C. The molecule has 0 aliphatic heterocycles. The Morgan fingerprint density at radius 1 is 1.20 bits per heavy atom. The number of H-pyrrole nitrogens is 1. The van der Waals surface area contributed by atoms with Gasteiger partial charge < -0.3 is 9.72 Å². The minimum Gasteiger partial charge on any atom is -0.496 e. The number of aromatic amines is 1. The summed E-state index contributed by atoms with van der Waals surface area (Å²) >= 11 is 1.46. The Morgan fingerprint density at radius 2 is 2.08 bits per heavy atom. The molecule has 25 heavy (non-hydrogen) atoms. The third kappa shape index (κ3) is 2.70. The molecular weight excluding hydrogens is 334 g/mol. The zero-order valence-electron chi connectivity index (χ0n) is 13.7. The predicted octanol–water partition coefficient (Wildman–Crippen LogP) is 4.03. The molecule has 0 amide bonds. The van der Waals surface area contributed by atoms with Gasteiger partial charge in [-0.2, -0.15) is 0 Å². The summed E-state index contributed by atoms with van der Waals surface area (Å²) in [5.74, 6) is 1.36. The molecule has 1 aromatic carbocycles. The van der Waals surface area contributed by atoms with Crippen molar-refractivity contribution in [1.29, 1.82) is 0 Å². The number of thiophene rings is 1. The molecule has 5 nitrogen and oxygen atoms in total. The van der Waals surface area contributed by atoms with Crippen LogP contribution in [-0.2, 0) is 0 Å². The number of nitrogens with one attached hydrogen (secondary N) is 1. The fourth-order valence-corrected chi connectivity index (χ4v) is 3.79. The molecular formula is C19H15N3O2S. The number of fused-ring (bicyclic) bond motifs is 1. The van der Waals surface area contributed by atoms with Gasteiger partial charge in [0.25, 0.3) is 5.56 Å². The molecule has 0 saturated heterocycles. The molecule has 3 heterocycles. The molecule has 4 rings (SSSR count). The zero-order chi connectivity index (χ0) is 17.4. The highest BCUT2D eigenvalue weighted by molar-refractivity contribution is 7.17. The fourth-order valence-electron chi connectivity index (χ4n) is 2.85. The summed E-state index contributed by atoms with van der Waals surface area (Å²) in [5, 5.41) is 2.59. The number of hydrogen-bond acceptors (Lipinski definition) is 5. The summed E-state index contributed by atoms with van der Waals surface area (Å²) in [7, 11) is 1.65. The van der Waals surface area contributed by atoms with Crippen LogP contribution < -0.4 is 10.3 Å². The number of rotatable bonds is 3. The molecule has 6 heteroatoms. The second-order valence-corrected chi connectivity index (χ2v) is 6.53. The van der Waals surface area contributed by atoms with E-state index < -0.39 is 0 Å². The molecule has 0 radical (unpaired) electrons. The number of ether oxygens (including phenoxy) is 1. The topological polar surface area (TPSA) is 67.9 Å². The van der Waals surface area contributed by atoms with Gasteiger partial charge in [-0.25, -0.2) is 4.98 Å². The molecule has 124 valence electrons. The van der Waals surface area contributed by atoms with E-state index >= 15 is 0 Å². The van der Waals surface area contributed by atoms with Crippen LogP contribution in [0.15, 0.2) is 52.9 Å². The lowest BCUT2D eigenvalue weighted by molar-refractivity contribution is 0.412. The van der Waals surface area contributed by atoms with E-state index in [1.165, 1.54) is 11.3 Å². The van der Waals surface area contributed by atoms with Gasteiger partial charge in [0.05, 0.1) is 12.5 Å². The van der Waals surface area contributed by atoms with Gasteiger partial charge in [-0.1, -0.05) is 6.07 Å². The molecule has 1 N–H and O–H groups in total. The van der Waals surface area contributed by atoms with Gasteiger partial charge in [-0.15, -0.1) is 11.3 Å². The van der Waals surface area contributed by atoms with Gasteiger partial charge >= 0.3 is 0 Å². The van der Waals surface area contributed by atoms with Crippen molar-refractivity contribution >= 4 is 21.6 Å². The number of nitrogens with zero attached hydrogens (tertiary/aromatic N) is 2. The van der Waals surface area contributed by atoms with Gasteiger partial charge in [0.1, 0.15) is 16.4 Å². The summed E-state index contributed by atoms with van der Waals surface area (Å²) in [6.45, 7) is 1.99. The molecule has 4 aromatic rings. The Kier molecular flexibility index (Phi) is 3.82. The first-order chi connectivity index (χ1) is 12.2. The summed E-state index contributed by atoms with van der Waals surface area (Å²) in [5.41, 5.74) is 3.53. The molecule has 0 fully saturated rings. The average Bonchev–Trinajstić information content (AvgIpc) is 3.07. The summed E-state index contributed by atoms with van der Waals surface area (Å²) in [6.07, 6.45) is 3.38. The second kappa shape index (κ2) is 6.14. The van der Waals surface area contributed by atoms with E-state index in [0.29, 0.717) is 16.0 Å². The van der Waals surface area contributed by atoms with Gasteiger partial charge in [-0.3, -0.25) is 9.78 Å². The molecule has 0 atom stereocenters. The van der Waals surface area contributed by atoms with Gasteiger partial charge in [-0.05, 0) is 42.3 Å². The number of pyridine rings is 1. The lowest BCUT2D eigenvalue weighted by Crippen LogP contribution is -2.09. The Hall–Kier alpha value is -2.99. The number of aromatic nitrogens is 3. The summed E-state index contributed by atoms with van der Waals surface area (Å²) in [6, 6.07) is 9.59. The highest BCUT2D eigenvalue weighted by atomic mass is 32.1. The van der Waals surface area contributed by atoms with Crippen molar-refractivity contribution in [3.63, 3.8) is 0 Å². The maximum absolute atomic E-state index is 12.7. The molecule has 3 aromatic heterocycles. The molecule has 0 unspecified atom stereocenters. The van der Waals surface area contributed by atoms with E-state index in [9.17, 15) is 4.79 Å². The maximum Gasteiger partial charge on any atom is 0.260 e. The Morgan fingerprint density at radius 3 is 2.80 bits per heavy atom. The van der Waals surface area contributed by atoms with Crippen molar-refractivity contribution in [2.75, 3.05) is 7.11 Å². The van der Waals surface area contributed by atoms with Crippen molar-refractivity contribution in [1.82, 2.24) is 15.0 Å². The quantitative estimate of drug-likeness (QED) is 0.606. The highest BCUT2D eigenvalue weighted by Gasteiger charge is 2.14. The Labute approximate surface area is 148 Å². The smallest absolute Gasteiger partial charge is 0.260 e. The van der Waals surface area contributed by atoms with Crippen molar-refractivity contribution in [2.24, 2.45) is 0 Å². The summed E-state index contributed by atoms with van der Waals surface area (Å²) < 4.78 is 5.31. The molecule has 0 aliphatic rings. The monoisotopic (exact) mass is 349 g/mol. The lowest BCUT2D eigenvalue weighted by Gasteiger charge is -2.07. The van der Waals surface area contributed by atoms with Crippen molar-refractivity contribution in [3.05, 3.63) is 64.0 Å². The van der Waals surface area contributed by atoms with Crippen LogP contribution in [0.5, 0.6) is 5.75 Å². The molecule has 0 bridgehead atoms. The standard InChI is InChI=1S/C19H15N3O2S/c1-11-8-12(5-6-15(11)24-2)14-10-25-19-16(14)18(23)21-17(22-19)13-4-3-7-20-9-13/h3-10H,1-2H3,(H,21,22,23). The van der Waals surface area contributed by atoms with E-state index in [2.05, 4.69) is 15.0 Å². The molecule has 0 aliphatic carbocycles. The minimum atomic E-state index is -0.145. The van der Waals surface area contributed by atoms with Crippen LogP contribution in [0.4, 0.5) is 0 Å². The normalized spacial score (nSPS) is 11.0. The van der Waals surface area contributed by atoms with Gasteiger partial charge in [0.2, 0.25) is 0 Å². The Balaban J connectivity index is 1.88.